The number of nitrogens with one attached hydrogen (secondary N) is 1. The van der Waals surface area contributed by atoms with Crippen LogP contribution < -0.4 is 5.32 Å². The molecule has 1 aromatic rings. The third kappa shape index (κ3) is 1.62. The Hall–Kier alpha value is -1.22. The molecule has 1 N–H and O–H groups in total. The van der Waals surface area contributed by atoms with Crippen molar-refractivity contribution in [2.24, 2.45) is 0 Å². The molecule has 0 aliphatic carbocycles. The van der Waals surface area contributed by atoms with Crippen LogP contribution in [0, 0.1) is 11.3 Å². The van der Waals surface area contributed by atoms with Gasteiger partial charge in [-0.2, -0.15) is 5.26 Å². The molecule has 0 aliphatic heterocycles. The van der Waals surface area contributed by atoms with Crippen molar-refractivity contribution in [2.75, 3.05) is 11.9 Å². The molecule has 0 aromatic carbocycles. The highest BCUT2D eigenvalue weighted by Crippen LogP contribution is 2.02. The SMILES string of the molecule is N#CCNc1nnns1. The summed E-state index contributed by atoms with van der Waals surface area (Å²) in [5.74, 6) is 0. The summed E-state index contributed by atoms with van der Waals surface area (Å²) in [5, 5.41) is 18.2. The van der Waals surface area contributed by atoms with Gasteiger partial charge in [0.25, 0.3) is 0 Å². The monoisotopic (exact) mass is 141 g/mol. The van der Waals surface area contributed by atoms with Crippen LogP contribution in [0.25, 0.3) is 0 Å². The molecular weight excluding hydrogens is 138 g/mol. The molecule has 5 nitrogen and oxygen atoms in total. The van der Waals surface area contributed by atoms with Crippen LogP contribution in [0.2, 0.25) is 0 Å². The Morgan fingerprint density at radius 2 is 2.67 bits per heavy atom. The summed E-state index contributed by atoms with van der Waals surface area (Å²) in [6.07, 6.45) is 0. The molecule has 0 bridgehead atoms. The van der Waals surface area contributed by atoms with Crippen LogP contribution in [0.5, 0.6) is 0 Å². The van der Waals surface area contributed by atoms with Crippen molar-refractivity contribution in [1.29, 1.82) is 5.26 Å². The maximum atomic E-state index is 8.09. The Kier molecular flexibility index (Phi) is 1.93. The Morgan fingerprint density at radius 1 is 1.78 bits per heavy atom. The van der Waals surface area contributed by atoms with E-state index in [1.54, 1.807) is 0 Å². The molecule has 0 saturated carbocycles. The number of rotatable bonds is 2. The smallest absolute Gasteiger partial charge is 0.226 e. The second-order valence-corrected chi connectivity index (χ2v) is 1.91. The van der Waals surface area contributed by atoms with E-state index in [9.17, 15) is 0 Å². The van der Waals surface area contributed by atoms with E-state index in [4.69, 9.17) is 5.26 Å². The van der Waals surface area contributed by atoms with E-state index in [2.05, 4.69) is 20.1 Å². The van der Waals surface area contributed by atoms with Crippen LogP contribution in [0.1, 0.15) is 0 Å². The maximum Gasteiger partial charge on any atom is 0.226 e. The molecule has 0 fully saturated rings. The van der Waals surface area contributed by atoms with Gasteiger partial charge in [0.2, 0.25) is 5.13 Å². The molecular formula is C3H3N5S. The zero-order valence-electron chi connectivity index (χ0n) is 4.40. The molecule has 0 atom stereocenters. The van der Waals surface area contributed by atoms with Crippen LogP contribution in [-0.2, 0) is 0 Å². The summed E-state index contributed by atoms with van der Waals surface area (Å²) in [6.45, 7) is 0.247. The second-order valence-electron chi connectivity index (χ2n) is 1.18. The van der Waals surface area contributed by atoms with Crippen molar-refractivity contribution in [3.8, 4) is 6.07 Å². The first-order chi connectivity index (χ1) is 4.43. The standard InChI is InChI=1S/C3H3N5S/c4-1-2-5-3-6-7-8-9-3/h2H2,(H,5,6,8). The van der Waals surface area contributed by atoms with Gasteiger partial charge in [0.1, 0.15) is 6.54 Å². The summed E-state index contributed by atoms with van der Waals surface area (Å²) >= 11 is 1.13. The lowest BCUT2D eigenvalue weighted by Crippen LogP contribution is -1.96. The van der Waals surface area contributed by atoms with E-state index in [0.29, 0.717) is 5.13 Å². The van der Waals surface area contributed by atoms with Crippen molar-refractivity contribution >= 4 is 16.7 Å². The minimum absolute atomic E-state index is 0.247. The van der Waals surface area contributed by atoms with E-state index >= 15 is 0 Å². The lowest BCUT2D eigenvalue weighted by Gasteiger charge is -1.86. The lowest BCUT2D eigenvalue weighted by molar-refractivity contribution is 0.957. The Labute approximate surface area is 55.5 Å². The van der Waals surface area contributed by atoms with Gasteiger partial charge in [-0.15, -0.1) is 0 Å². The van der Waals surface area contributed by atoms with E-state index in [1.165, 1.54) is 0 Å². The van der Waals surface area contributed by atoms with Gasteiger partial charge in [0, 0.05) is 11.5 Å². The van der Waals surface area contributed by atoms with Crippen LogP contribution in [-0.4, -0.2) is 21.3 Å². The van der Waals surface area contributed by atoms with Gasteiger partial charge in [0.05, 0.1) is 6.07 Å². The second kappa shape index (κ2) is 2.94. The topological polar surface area (TPSA) is 74.5 Å². The van der Waals surface area contributed by atoms with Gasteiger partial charge in [-0.25, -0.2) is 0 Å². The summed E-state index contributed by atoms with van der Waals surface area (Å²) in [7, 11) is 0. The normalized spacial score (nSPS) is 8.33. The van der Waals surface area contributed by atoms with Gasteiger partial charge in [-0.1, -0.05) is 9.59 Å². The van der Waals surface area contributed by atoms with E-state index < -0.39 is 0 Å². The molecule has 1 rings (SSSR count). The average molecular weight is 141 g/mol. The molecule has 9 heavy (non-hydrogen) atoms. The Bertz CT molecular complexity index is 198. The highest BCUT2D eigenvalue weighted by atomic mass is 32.1. The number of aromatic nitrogens is 3. The van der Waals surface area contributed by atoms with Crippen LogP contribution >= 0.6 is 11.5 Å². The first-order valence-corrected chi connectivity index (χ1v) is 2.96. The highest BCUT2D eigenvalue weighted by Gasteiger charge is 1.91. The Balaban J connectivity index is 2.41. The van der Waals surface area contributed by atoms with Gasteiger partial charge in [0.15, 0.2) is 0 Å². The number of hydrogen-bond acceptors (Lipinski definition) is 6. The molecule has 0 saturated heterocycles. The van der Waals surface area contributed by atoms with Crippen molar-refractivity contribution in [3.05, 3.63) is 0 Å². The number of anilines is 1. The lowest BCUT2D eigenvalue weighted by atomic mass is 10.7. The predicted octanol–water partition coefficient (Wildman–Crippen LogP) is -0.131. The van der Waals surface area contributed by atoms with E-state index in [0.717, 1.165) is 11.5 Å². The van der Waals surface area contributed by atoms with Gasteiger partial charge in [-0.05, 0) is 5.21 Å². The molecule has 1 heterocycles. The van der Waals surface area contributed by atoms with Crippen molar-refractivity contribution in [3.63, 3.8) is 0 Å². The molecule has 0 aliphatic rings. The zero-order valence-corrected chi connectivity index (χ0v) is 5.22. The molecule has 0 radical (unpaired) electrons. The first-order valence-electron chi connectivity index (χ1n) is 2.19. The predicted molar refractivity (Wildman–Crippen MR) is 31.8 cm³/mol. The third-order valence-electron chi connectivity index (χ3n) is 0.618. The quantitative estimate of drug-likeness (QED) is 0.580. The number of nitrogens with zero attached hydrogens (tertiary/aromatic N) is 4. The molecule has 1 aromatic heterocycles. The third-order valence-corrected chi connectivity index (χ3v) is 1.17. The molecule has 0 unspecified atom stereocenters. The Morgan fingerprint density at radius 3 is 3.22 bits per heavy atom. The summed E-state index contributed by atoms with van der Waals surface area (Å²) < 4.78 is 3.48. The van der Waals surface area contributed by atoms with Crippen LogP contribution in [0.15, 0.2) is 0 Å². The fourth-order valence-corrected chi connectivity index (χ4v) is 0.677. The van der Waals surface area contributed by atoms with Gasteiger partial charge in [-0.3, -0.25) is 0 Å². The maximum absolute atomic E-state index is 8.09. The minimum atomic E-state index is 0.247. The van der Waals surface area contributed by atoms with Crippen LogP contribution in [0.4, 0.5) is 5.13 Å². The summed E-state index contributed by atoms with van der Waals surface area (Å²) in [5.41, 5.74) is 0. The van der Waals surface area contributed by atoms with E-state index in [1.807, 2.05) is 6.07 Å². The zero-order chi connectivity index (χ0) is 6.53. The van der Waals surface area contributed by atoms with Crippen LogP contribution in [0.3, 0.4) is 0 Å². The van der Waals surface area contributed by atoms with Gasteiger partial charge < -0.3 is 5.32 Å². The van der Waals surface area contributed by atoms with E-state index in [-0.39, 0.29) is 6.54 Å². The fraction of sp³-hybridized carbons (Fsp3) is 0.333. The molecule has 46 valence electrons. The fourth-order valence-electron chi connectivity index (χ4n) is 0.317. The molecule has 0 amide bonds. The number of nitriles is 1. The highest BCUT2D eigenvalue weighted by molar-refractivity contribution is 7.09. The number of hydrogen-bond donors (Lipinski definition) is 1. The summed E-state index contributed by atoms with van der Waals surface area (Å²) in [4.78, 5) is 0. The van der Waals surface area contributed by atoms with Gasteiger partial charge >= 0.3 is 0 Å². The van der Waals surface area contributed by atoms with Crippen molar-refractivity contribution < 1.29 is 0 Å². The minimum Gasteiger partial charge on any atom is -0.346 e. The summed E-state index contributed by atoms with van der Waals surface area (Å²) in [6, 6.07) is 1.91. The molecule has 6 heteroatoms. The average Bonchev–Trinajstić information content (AvgIpc) is 2.34. The largest absolute Gasteiger partial charge is 0.346 e. The molecule has 0 spiro atoms. The van der Waals surface area contributed by atoms with Crippen molar-refractivity contribution in [1.82, 2.24) is 14.8 Å². The van der Waals surface area contributed by atoms with Crippen molar-refractivity contribution in [2.45, 2.75) is 0 Å². The first kappa shape index (κ1) is 5.91.